The van der Waals surface area contributed by atoms with E-state index in [1.54, 1.807) is 30.6 Å². The molecule has 0 aliphatic heterocycles. The number of benzene rings is 1. The van der Waals surface area contributed by atoms with E-state index in [4.69, 9.17) is 10.5 Å². The number of carbonyl (C=O) groups excluding carboxylic acids is 1. The van der Waals surface area contributed by atoms with Crippen LogP contribution in [0.15, 0.2) is 42.7 Å². The third kappa shape index (κ3) is 3.10. The Kier molecular flexibility index (Phi) is 4.13. The highest BCUT2D eigenvalue weighted by Crippen LogP contribution is 2.21. The molecule has 0 aliphatic rings. The van der Waals surface area contributed by atoms with E-state index in [9.17, 15) is 4.79 Å². The normalized spacial score (nSPS) is 10.2. The molecule has 1 aromatic heterocycles. The fourth-order valence-electron chi connectivity index (χ4n) is 1.83. The third-order valence-corrected chi connectivity index (χ3v) is 2.78. The van der Waals surface area contributed by atoms with Gasteiger partial charge in [0, 0.05) is 30.1 Å². The molecule has 4 heteroatoms. The largest absolute Gasteiger partial charge is 0.493 e. The predicted octanol–water partition coefficient (Wildman–Crippen LogP) is 2.49. The number of para-hydroxylation sites is 1. The van der Waals surface area contributed by atoms with Gasteiger partial charge in [0.1, 0.15) is 5.75 Å². The highest BCUT2D eigenvalue weighted by molar-refractivity contribution is 6.00. The second-order valence-corrected chi connectivity index (χ2v) is 4.10. The molecule has 4 nitrogen and oxygen atoms in total. The van der Waals surface area contributed by atoms with Crippen LogP contribution in [0.2, 0.25) is 0 Å². The number of ketones is 1. The van der Waals surface area contributed by atoms with Crippen LogP contribution >= 0.6 is 0 Å². The maximum atomic E-state index is 12.3. The lowest BCUT2D eigenvalue weighted by molar-refractivity contribution is 0.0989. The first-order chi connectivity index (χ1) is 9.22. The topological polar surface area (TPSA) is 65.2 Å². The summed E-state index contributed by atoms with van der Waals surface area (Å²) in [5, 5.41) is 0. The van der Waals surface area contributed by atoms with Crippen LogP contribution in [-0.2, 0) is 6.42 Å². The zero-order valence-electron chi connectivity index (χ0n) is 10.8. The zero-order chi connectivity index (χ0) is 13.7. The van der Waals surface area contributed by atoms with E-state index in [1.807, 2.05) is 19.1 Å². The van der Waals surface area contributed by atoms with Gasteiger partial charge < -0.3 is 10.5 Å². The molecule has 0 aliphatic carbocycles. The molecule has 19 heavy (non-hydrogen) atoms. The van der Waals surface area contributed by atoms with Crippen LogP contribution in [0.1, 0.15) is 22.8 Å². The fourth-order valence-corrected chi connectivity index (χ4v) is 1.83. The molecule has 0 atom stereocenters. The molecule has 98 valence electrons. The molecular weight excluding hydrogens is 240 g/mol. The summed E-state index contributed by atoms with van der Waals surface area (Å²) < 4.78 is 5.46. The monoisotopic (exact) mass is 256 g/mol. The van der Waals surface area contributed by atoms with Gasteiger partial charge in [-0.1, -0.05) is 12.1 Å². The van der Waals surface area contributed by atoms with Crippen LogP contribution in [0.25, 0.3) is 0 Å². The van der Waals surface area contributed by atoms with Crippen LogP contribution in [0.5, 0.6) is 5.75 Å². The summed E-state index contributed by atoms with van der Waals surface area (Å²) >= 11 is 0. The highest BCUT2D eigenvalue weighted by Gasteiger charge is 2.13. The van der Waals surface area contributed by atoms with Crippen molar-refractivity contribution in [3.63, 3.8) is 0 Å². The molecule has 0 unspecified atom stereocenters. The SMILES string of the molecule is CCOc1ccccc1C(=O)Cc1cnccc1N. The van der Waals surface area contributed by atoms with Gasteiger partial charge in [0.25, 0.3) is 0 Å². The van der Waals surface area contributed by atoms with Gasteiger partial charge in [-0.2, -0.15) is 0 Å². The molecule has 0 amide bonds. The smallest absolute Gasteiger partial charge is 0.171 e. The Morgan fingerprint density at radius 2 is 2.11 bits per heavy atom. The number of hydrogen-bond acceptors (Lipinski definition) is 4. The summed E-state index contributed by atoms with van der Waals surface area (Å²) in [5.41, 5.74) is 7.71. The lowest BCUT2D eigenvalue weighted by Gasteiger charge is -2.09. The predicted molar refractivity (Wildman–Crippen MR) is 74.3 cm³/mol. The Balaban J connectivity index is 2.23. The maximum absolute atomic E-state index is 12.3. The molecule has 1 aromatic carbocycles. The van der Waals surface area contributed by atoms with Crippen molar-refractivity contribution in [2.24, 2.45) is 0 Å². The quantitative estimate of drug-likeness (QED) is 0.835. The summed E-state index contributed by atoms with van der Waals surface area (Å²) in [7, 11) is 0. The average molecular weight is 256 g/mol. The number of ether oxygens (including phenoxy) is 1. The number of nitrogen functional groups attached to an aromatic ring is 1. The van der Waals surface area contributed by atoms with Gasteiger partial charge in [-0.05, 0) is 25.1 Å². The molecule has 1 heterocycles. The average Bonchev–Trinajstić information content (AvgIpc) is 2.42. The second-order valence-electron chi connectivity index (χ2n) is 4.10. The van der Waals surface area contributed by atoms with Gasteiger partial charge in [0.15, 0.2) is 5.78 Å². The summed E-state index contributed by atoms with van der Waals surface area (Å²) in [6, 6.07) is 8.92. The Morgan fingerprint density at radius 1 is 1.32 bits per heavy atom. The molecule has 0 bridgehead atoms. The highest BCUT2D eigenvalue weighted by atomic mass is 16.5. The van der Waals surface area contributed by atoms with E-state index in [-0.39, 0.29) is 12.2 Å². The molecular formula is C15H16N2O2. The lowest BCUT2D eigenvalue weighted by atomic mass is 10.0. The number of nitrogens with zero attached hydrogens (tertiary/aromatic N) is 1. The minimum Gasteiger partial charge on any atom is -0.493 e. The van der Waals surface area contributed by atoms with Crippen LogP contribution in [0.4, 0.5) is 5.69 Å². The second kappa shape index (κ2) is 6.00. The molecule has 0 saturated heterocycles. The summed E-state index contributed by atoms with van der Waals surface area (Å²) in [5.74, 6) is 0.584. The minimum atomic E-state index is -0.0243. The van der Waals surface area contributed by atoms with Crippen LogP contribution in [0, 0.1) is 0 Å². The van der Waals surface area contributed by atoms with Gasteiger partial charge in [0.2, 0.25) is 0 Å². The van der Waals surface area contributed by atoms with Gasteiger partial charge in [-0.3, -0.25) is 9.78 Å². The summed E-state index contributed by atoms with van der Waals surface area (Å²) in [6.07, 6.45) is 3.46. The van der Waals surface area contributed by atoms with E-state index in [1.165, 1.54) is 0 Å². The van der Waals surface area contributed by atoms with E-state index in [0.29, 0.717) is 23.6 Å². The standard InChI is InChI=1S/C15H16N2O2/c1-2-19-15-6-4-3-5-12(15)14(18)9-11-10-17-8-7-13(11)16/h3-8,10H,2,9H2,1H3,(H2,16,17). The summed E-state index contributed by atoms with van der Waals surface area (Å²) in [4.78, 5) is 16.3. The summed E-state index contributed by atoms with van der Waals surface area (Å²) in [6.45, 7) is 2.42. The number of Topliss-reactive ketones (excluding diaryl/α,β-unsaturated/α-hetero) is 1. The molecule has 2 aromatic rings. The molecule has 2 rings (SSSR count). The van der Waals surface area contributed by atoms with Gasteiger partial charge >= 0.3 is 0 Å². The number of anilines is 1. The molecule has 0 radical (unpaired) electrons. The van der Waals surface area contributed by atoms with Crippen molar-refractivity contribution in [2.45, 2.75) is 13.3 Å². The molecule has 0 spiro atoms. The number of hydrogen-bond donors (Lipinski definition) is 1. The van der Waals surface area contributed by atoms with Crippen molar-refractivity contribution in [1.82, 2.24) is 4.98 Å². The van der Waals surface area contributed by atoms with Gasteiger partial charge in [-0.25, -0.2) is 0 Å². The Hall–Kier alpha value is -2.36. The van der Waals surface area contributed by atoms with E-state index in [2.05, 4.69) is 4.98 Å². The minimum absolute atomic E-state index is 0.0243. The first kappa shape index (κ1) is 13.1. The van der Waals surface area contributed by atoms with Crippen molar-refractivity contribution >= 4 is 11.5 Å². The third-order valence-electron chi connectivity index (χ3n) is 2.78. The molecule has 0 fully saturated rings. The Morgan fingerprint density at radius 3 is 2.84 bits per heavy atom. The number of nitrogens with two attached hydrogens (primary N) is 1. The van der Waals surface area contributed by atoms with Crippen LogP contribution < -0.4 is 10.5 Å². The number of rotatable bonds is 5. The van der Waals surface area contributed by atoms with Gasteiger partial charge in [0.05, 0.1) is 12.2 Å². The van der Waals surface area contributed by atoms with E-state index < -0.39 is 0 Å². The van der Waals surface area contributed by atoms with Crippen molar-refractivity contribution in [3.8, 4) is 5.75 Å². The first-order valence-corrected chi connectivity index (χ1v) is 6.15. The molecule has 0 saturated carbocycles. The van der Waals surface area contributed by atoms with E-state index in [0.717, 1.165) is 5.56 Å². The fraction of sp³-hybridized carbons (Fsp3) is 0.200. The molecule has 2 N–H and O–H groups in total. The number of carbonyl (C=O) groups is 1. The maximum Gasteiger partial charge on any atom is 0.171 e. The first-order valence-electron chi connectivity index (χ1n) is 6.15. The zero-order valence-corrected chi connectivity index (χ0v) is 10.8. The van der Waals surface area contributed by atoms with E-state index >= 15 is 0 Å². The van der Waals surface area contributed by atoms with Crippen LogP contribution in [-0.4, -0.2) is 17.4 Å². The van der Waals surface area contributed by atoms with Crippen molar-refractivity contribution in [3.05, 3.63) is 53.9 Å². The number of aromatic nitrogens is 1. The lowest BCUT2D eigenvalue weighted by Crippen LogP contribution is -2.08. The van der Waals surface area contributed by atoms with Crippen molar-refractivity contribution in [2.75, 3.05) is 12.3 Å². The Bertz CT molecular complexity index is 582. The Labute approximate surface area is 112 Å². The van der Waals surface area contributed by atoms with Crippen molar-refractivity contribution in [1.29, 1.82) is 0 Å². The van der Waals surface area contributed by atoms with Crippen LogP contribution in [0.3, 0.4) is 0 Å². The van der Waals surface area contributed by atoms with Gasteiger partial charge in [-0.15, -0.1) is 0 Å². The van der Waals surface area contributed by atoms with Crippen molar-refractivity contribution < 1.29 is 9.53 Å². The number of pyridine rings is 1.